The van der Waals surface area contributed by atoms with Gasteiger partial charge in [0.05, 0.1) is 29.8 Å². The average Bonchev–Trinajstić information content (AvgIpc) is 3.20. The van der Waals surface area contributed by atoms with Gasteiger partial charge in [-0.15, -0.1) is 0 Å². The standard InChI is InChI=1S/C29H31FN6O2/c1-5-23(37)34-20-11-8-18(9-12-20)26-24(25-27(31)32-17-33-28(25)35(26)4)19-10-13-21(22(30)14-19)29(15-38-16-29)36(6-2)7-3/h5,8-14,17H,1,6-7,15-16H2,2-4H3,(H,34,37)(H2,31,32,33). The van der Waals surface area contributed by atoms with Gasteiger partial charge in [0.25, 0.3) is 0 Å². The molecule has 3 heterocycles. The molecule has 0 atom stereocenters. The van der Waals surface area contributed by atoms with E-state index >= 15 is 4.39 Å². The van der Waals surface area contributed by atoms with E-state index in [1.165, 1.54) is 12.4 Å². The molecule has 3 N–H and O–H groups in total. The Labute approximate surface area is 220 Å². The summed E-state index contributed by atoms with van der Waals surface area (Å²) in [4.78, 5) is 22.7. The fraction of sp³-hybridized carbons (Fsp3) is 0.276. The summed E-state index contributed by atoms with van der Waals surface area (Å²) in [6, 6.07) is 12.8. The minimum atomic E-state index is -0.471. The van der Waals surface area contributed by atoms with Crippen molar-refractivity contribution in [1.82, 2.24) is 19.4 Å². The van der Waals surface area contributed by atoms with Crippen molar-refractivity contribution in [2.45, 2.75) is 19.4 Å². The molecule has 1 aliphatic rings. The van der Waals surface area contributed by atoms with Gasteiger partial charge < -0.3 is 20.4 Å². The largest absolute Gasteiger partial charge is 0.383 e. The summed E-state index contributed by atoms with van der Waals surface area (Å²) in [6.45, 7) is 10.2. The van der Waals surface area contributed by atoms with Gasteiger partial charge in [-0.05, 0) is 48.5 Å². The van der Waals surface area contributed by atoms with Crippen molar-refractivity contribution in [3.8, 4) is 22.4 Å². The van der Waals surface area contributed by atoms with Crippen molar-refractivity contribution in [2.75, 3.05) is 37.4 Å². The fourth-order valence-corrected chi connectivity index (χ4v) is 5.48. The van der Waals surface area contributed by atoms with Crippen LogP contribution in [0.15, 0.2) is 61.4 Å². The second-order valence-corrected chi connectivity index (χ2v) is 9.40. The Morgan fingerprint density at radius 2 is 1.87 bits per heavy atom. The van der Waals surface area contributed by atoms with Crippen molar-refractivity contribution < 1.29 is 13.9 Å². The maximum atomic E-state index is 15.9. The minimum absolute atomic E-state index is 0.291. The molecule has 196 valence electrons. The van der Waals surface area contributed by atoms with E-state index in [0.717, 1.165) is 29.9 Å². The minimum Gasteiger partial charge on any atom is -0.383 e. The van der Waals surface area contributed by atoms with Crippen LogP contribution in [0.2, 0.25) is 0 Å². The van der Waals surface area contributed by atoms with Crippen molar-refractivity contribution in [2.24, 2.45) is 7.05 Å². The molecule has 0 unspecified atom stereocenters. The number of fused-ring (bicyclic) bond motifs is 1. The Morgan fingerprint density at radius 3 is 2.45 bits per heavy atom. The SMILES string of the molecule is C=CC(=O)Nc1ccc(-c2c(-c3ccc(C4(N(CC)CC)COC4)c(F)c3)c3c(N)ncnc3n2C)cc1. The van der Waals surface area contributed by atoms with Crippen LogP contribution >= 0.6 is 0 Å². The number of carbonyl (C=O) groups is 1. The van der Waals surface area contributed by atoms with Crippen LogP contribution in [-0.2, 0) is 22.1 Å². The van der Waals surface area contributed by atoms with Crippen LogP contribution in [0, 0.1) is 5.82 Å². The molecular formula is C29H31FN6O2. The Hall–Kier alpha value is -4.08. The molecule has 0 radical (unpaired) electrons. The number of nitrogens with one attached hydrogen (secondary N) is 1. The van der Waals surface area contributed by atoms with Crippen LogP contribution in [0.3, 0.4) is 0 Å². The van der Waals surface area contributed by atoms with E-state index in [1.807, 2.05) is 35.9 Å². The molecule has 1 aliphatic heterocycles. The van der Waals surface area contributed by atoms with E-state index in [9.17, 15) is 4.79 Å². The summed E-state index contributed by atoms with van der Waals surface area (Å²) >= 11 is 0. The number of aromatic nitrogens is 3. The molecule has 9 heteroatoms. The molecule has 1 saturated heterocycles. The van der Waals surface area contributed by atoms with Gasteiger partial charge in [0.2, 0.25) is 5.91 Å². The molecule has 1 amide bonds. The van der Waals surface area contributed by atoms with E-state index in [1.54, 1.807) is 18.2 Å². The first kappa shape index (κ1) is 25.6. The number of carbonyl (C=O) groups excluding carboxylic acids is 1. The van der Waals surface area contributed by atoms with Crippen molar-refractivity contribution in [1.29, 1.82) is 0 Å². The second kappa shape index (κ2) is 10.00. The molecule has 0 spiro atoms. The van der Waals surface area contributed by atoms with Gasteiger partial charge in [-0.3, -0.25) is 9.69 Å². The molecule has 0 aliphatic carbocycles. The summed E-state index contributed by atoms with van der Waals surface area (Å²) < 4.78 is 23.4. The van der Waals surface area contributed by atoms with Crippen LogP contribution in [0.25, 0.3) is 33.4 Å². The normalized spacial score (nSPS) is 14.4. The summed E-state index contributed by atoms with van der Waals surface area (Å²) in [6.07, 6.45) is 2.64. The molecule has 5 rings (SSSR count). The Bertz CT molecular complexity index is 1520. The van der Waals surface area contributed by atoms with Crippen LogP contribution < -0.4 is 11.1 Å². The number of aryl methyl sites for hydroxylation is 1. The first-order valence-corrected chi connectivity index (χ1v) is 12.6. The molecule has 0 bridgehead atoms. The van der Waals surface area contributed by atoms with E-state index < -0.39 is 5.54 Å². The van der Waals surface area contributed by atoms with Crippen molar-refractivity contribution in [3.63, 3.8) is 0 Å². The topological polar surface area (TPSA) is 98.3 Å². The Balaban J connectivity index is 1.67. The van der Waals surface area contributed by atoms with Gasteiger partial charge in [0.15, 0.2) is 0 Å². The number of nitrogens with two attached hydrogens (primary N) is 1. The van der Waals surface area contributed by atoms with Gasteiger partial charge in [0, 0.05) is 23.9 Å². The number of hydrogen-bond donors (Lipinski definition) is 2. The van der Waals surface area contributed by atoms with E-state index in [-0.39, 0.29) is 11.7 Å². The van der Waals surface area contributed by atoms with E-state index in [2.05, 4.69) is 40.6 Å². The number of hydrogen-bond acceptors (Lipinski definition) is 6. The zero-order valence-electron chi connectivity index (χ0n) is 21.8. The molecule has 1 fully saturated rings. The summed E-state index contributed by atoms with van der Waals surface area (Å²) in [5.74, 6) is -0.266. The second-order valence-electron chi connectivity index (χ2n) is 9.40. The van der Waals surface area contributed by atoms with Crippen LogP contribution in [0.5, 0.6) is 0 Å². The van der Waals surface area contributed by atoms with Gasteiger partial charge in [0.1, 0.15) is 23.6 Å². The summed E-state index contributed by atoms with van der Waals surface area (Å²) in [7, 11) is 1.90. The number of nitrogens with zero attached hydrogens (tertiary/aromatic N) is 4. The molecule has 2 aromatic heterocycles. The van der Waals surface area contributed by atoms with Crippen LogP contribution in [0.1, 0.15) is 19.4 Å². The lowest BCUT2D eigenvalue weighted by Crippen LogP contribution is -2.59. The summed E-state index contributed by atoms with van der Waals surface area (Å²) in [5.41, 5.74) is 10.9. The average molecular weight is 515 g/mol. The quantitative estimate of drug-likeness (QED) is 0.330. The predicted octanol–water partition coefficient (Wildman–Crippen LogP) is 4.72. The van der Waals surface area contributed by atoms with Gasteiger partial charge in [-0.25, -0.2) is 14.4 Å². The lowest BCUT2D eigenvalue weighted by molar-refractivity contribution is -0.145. The van der Waals surface area contributed by atoms with Gasteiger partial charge >= 0.3 is 0 Å². The third-order valence-corrected chi connectivity index (χ3v) is 7.42. The zero-order chi connectivity index (χ0) is 27.0. The smallest absolute Gasteiger partial charge is 0.247 e. The molecule has 8 nitrogen and oxygen atoms in total. The first-order valence-electron chi connectivity index (χ1n) is 12.6. The van der Waals surface area contributed by atoms with Gasteiger partial charge in [-0.1, -0.05) is 44.7 Å². The van der Waals surface area contributed by atoms with Crippen LogP contribution in [-0.4, -0.2) is 51.6 Å². The maximum Gasteiger partial charge on any atom is 0.247 e. The number of likely N-dealkylation sites (N-methyl/N-ethyl adjacent to an activating group) is 1. The lowest BCUT2D eigenvalue weighted by atomic mass is 9.84. The highest BCUT2D eigenvalue weighted by molar-refractivity contribution is 6.08. The molecule has 2 aromatic carbocycles. The number of benzene rings is 2. The Kier molecular flexibility index (Phi) is 6.73. The maximum absolute atomic E-state index is 15.9. The number of ether oxygens (including phenoxy) is 1. The molecule has 38 heavy (non-hydrogen) atoms. The molecule has 0 saturated carbocycles. The van der Waals surface area contributed by atoms with E-state index in [0.29, 0.717) is 46.9 Å². The summed E-state index contributed by atoms with van der Waals surface area (Å²) in [5, 5.41) is 3.41. The number of rotatable bonds is 8. The predicted molar refractivity (Wildman–Crippen MR) is 148 cm³/mol. The number of halogens is 1. The third-order valence-electron chi connectivity index (χ3n) is 7.42. The monoisotopic (exact) mass is 514 g/mol. The third kappa shape index (κ3) is 4.04. The number of anilines is 2. The number of nitrogen functional groups attached to an aromatic ring is 1. The lowest BCUT2D eigenvalue weighted by Gasteiger charge is -2.49. The van der Waals surface area contributed by atoms with Gasteiger partial charge in [-0.2, -0.15) is 0 Å². The first-order chi connectivity index (χ1) is 18.3. The fourth-order valence-electron chi connectivity index (χ4n) is 5.48. The molecular weight excluding hydrogens is 483 g/mol. The zero-order valence-corrected chi connectivity index (χ0v) is 21.8. The highest BCUT2D eigenvalue weighted by Crippen LogP contribution is 2.44. The van der Waals surface area contributed by atoms with Crippen molar-refractivity contribution in [3.05, 3.63) is 72.8 Å². The molecule has 4 aromatic rings. The van der Waals surface area contributed by atoms with E-state index in [4.69, 9.17) is 10.5 Å². The van der Waals surface area contributed by atoms with Crippen molar-refractivity contribution >= 4 is 28.4 Å². The van der Waals surface area contributed by atoms with Crippen LogP contribution in [0.4, 0.5) is 15.9 Å². The number of amides is 1. The highest BCUT2D eigenvalue weighted by Gasteiger charge is 2.46. The highest BCUT2D eigenvalue weighted by atomic mass is 19.1. The Morgan fingerprint density at radius 1 is 1.18 bits per heavy atom.